The van der Waals surface area contributed by atoms with Gasteiger partial charge in [-0.2, -0.15) is 0 Å². The van der Waals surface area contributed by atoms with Crippen LogP contribution in [0.4, 0.5) is 0 Å². The van der Waals surface area contributed by atoms with Gasteiger partial charge in [-0.1, -0.05) is 34.1 Å². The molecule has 0 fully saturated rings. The highest BCUT2D eigenvalue weighted by atomic mass is 79.9. The third kappa shape index (κ3) is 2.63. The number of rotatable bonds is 2. The Bertz CT molecular complexity index is 819. The summed E-state index contributed by atoms with van der Waals surface area (Å²) < 4.78 is 7.05. The van der Waals surface area contributed by atoms with Gasteiger partial charge in [-0.3, -0.25) is 0 Å². The maximum Gasteiger partial charge on any atom is 0.137 e. The van der Waals surface area contributed by atoms with Crippen LogP contribution in [0.1, 0.15) is 34.1 Å². The van der Waals surface area contributed by atoms with E-state index in [2.05, 4.69) is 60.1 Å². The van der Waals surface area contributed by atoms with E-state index >= 15 is 0 Å². The van der Waals surface area contributed by atoms with Crippen molar-refractivity contribution in [2.45, 2.75) is 26.8 Å². The fourth-order valence-electron chi connectivity index (χ4n) is 2.58. The minimum absolute atomic E-state index is 0.241. The summed E-state index contributed by atoms with van der Waals surface area (Å²) in [6, 6.07) is 12.2. The van der Waals surface area contributed by atoms with E-state index in [4.69, 9.17) is 10.2 Å². The second-order valence-electron chi connectivity index (χ2n) is 5.61. The van der Waals surface area contributed by atoms with Gasteiger partial charge in [0.25, 0.3) is 0 Å². The number of hydrogen-bond acceptors (Lipinski definition) is 2. The highest BCUT2D eigenvalue weighted by molar-refractivity contribution is 9.10. The standard InChI is InChI=1S/C18H18BrNO/c1-10-4-5-13(6-11(10)2)17(20)16-9-14-8-15(19)7-12(3)18(14)21-16/h4-9,17H,20H2,1-3H3. The normalized spacial score (nSPS) is 12.8. The number of halogens is 1. The highest BCUT2D eigenvalue weighted by Gasteiger charge is 2.16. The minimum atomic E-state index is -0.241. The van der Waals surface area contributed by atoms with Crippen LogP contribution in [0.25, 0.3) is 11.0 Å². The molecule has 0 bridgehead atoms. The Labute approximate surface area is 133 Å². The first-order chi connectivity index (χ1) is 9.95. The molecular weight excluding hydrogens is 326 g/mol. The third-order valence-electron chi connectivity index (χ3n) is 3.98. The summed E-state index contributed by atoms with van der Waals surface area (Å²) in [5.41, 5.74) is 12.0. The Hall–Kier alpha value is -1.58. The lowest BCUT2D eigenvalue weighted by Crippen LogP contribution is -2.11. The zero-order chi connectivity index (χ0) is 15.1. The van der Waals surface area contributed by atoms with Crippen molar-refractivity contribution < 1.29 is 4.42 Å². The summed E-state index contributed by atoms with van der Waals surface area (Å²) in [4.78, 5) is 0. The van der Waals surface area contributed by atoms with Gasteiger partial charge in [0.1, 0.15) is 11.3 Å². The Morgan fingerprint density at radius 2 is 1.71 bits per heavy atom. The second kappa shape index (κ2) is 5.32. The fraction of sp³-hybridized carbons (Fsp3) is 0.222. The van der Waals surface area contributed by atoms with Crippen molar-refractivity contribution in [2.24, 2.45) is 5.73 Å². The minimum Gasteiger partial charge on any atom is -0.459 e. The van der Waals surface area contributed by atoms with E-state index in [1.165, 1.54) is 11.1 Å². The molecule has 3 rings (SSSR count). The fourth-order valence-corrected chi connectivity index (χ4v) is 3.17. The molecular formula is C18H18BrNO. The predicted molar refractivity (Wildman–Crippen MR) is 90.6 cm³/mol. The van der Waals surface area contributed by atoms with E-state index in [-0.39, 0.29) is 6.04 Å². The van der Waals surface area contributed by atoms with E-state index in [0.29, 0.717) is 0 Å². The lowest BCUT2D eigenvalue weighted by Gasteiger charge is -2.11. The Morgan fingerprint density at radius 1 is 0.952 bits per heavy atom. The molecule has 3 aromatic rings. The van der Waals surface area contributed by atoms with Crippen LogP contribution in [-0.2, 0) is 0 Å². The molecule has 1 heterocycles. The van der Waals surface area contributed by atoms with Crippen molar-refractivity contribution in [3.63, 3.8) is 0 Å². The Morgan fingerprint density at radius 3 is 2.43 bits per heavy atom. The zero-order valence-corrected chi connectivity index (χ0v) is 14.0. The van der Waals surface area contributed by atoms with Crippen LogP contribution in [0.5, 0.6) is 0 Å². The van der Waals surface area contributed by atoms with Crippen LogP contribution in [0.2, 0.25) is 0 Å². The molecule has 0 aliphatic carbocycles. The van der Waals surface area contributed by atoms with Crippen LogP contribution in [0, 0.1) is 20.8 Å². The lowest BCUT2D eigenvalue weighted by molar-refractivity contribution is 0.523. The van der Waals surface area contributed by atoms with Crippen molar-refractivity contribution in [1.29, 1.82) is 0 Å². The van der Waals surface area contributed by atoms with Gasteiger partial charge in [0.15, 0.2) is 0 Å². The molecule has 1 unspecified atom stereocenters. The van der Waals surface area contributed by atoms with E-state index in [1.54, 1.807) is 0 Å². The predicted octanol–water partition coefficient (Wildman–Crippen LogP) is 5.17. The summed E-state index contributed by atoms with van der Waals surface area (Å²) >= 11 is 3.52. The Kier molecular flexibility index (Phi) is 3.64. The molecule has 21 heavy (non-hydrogen) atoms. The summed E-state index contributed by atoms with van der Waals surface area (Å²) in [6.07, 6.45) is 0. The molecule has 2 N–H and O–H groups in total. The molecule has 2 aromatic carbocycles. The number of hydrogen-bond donors (Lipinski definition) is 1. The van der Waals surface area contributed by atoms with Crippen molar-refractivity contribution in [1.82, 2.24) is 0 Å². The lowest BCUT2D eigenvalue weighted by atomic mass is 10.00. The first-order valence-electron chi connectivity index (χ1n) is 6.98. The van der Waals surface area contributed by atoms with E-state index in [0.717, 1.165) is 32.3 Å². The molecule has 0 spiro atoms. The van der Waals surface area contributed by atoms with Gasteiger partial charge in [-0.15, -0.1) is 0 Å². The molecule has 0 saturated carbocycles. The molecule has 0 radical (unpaired) electrons. The molecule has 1 atom stereocenters. The molecule has 0 saturated heterocycles. The zero-order valence-electron chi connectivity index (χ0n) is 12.4. The second-order valence-corrected chi connectivity index (χ2v) is 6.53. The van der Waals surface area contributed by atoms with Crippen LogP contribution < -0.4 is 5.73 Å². The molecule has 1 aromatic heterocycles. The van der Waals surface area contributed by atoms with Gasteiger partial charge in [0.2, 0.25) is 0 Å². The molecule has 0 aliphatic heterocycles. The summed E-state index contributed by atoms with van der Waals surface area (Å²) in [6.45, 7) is 6.25. The van der Waals surface area contributed by atoms with E-state index in [9.17, 15) is 0 Å². The van der Waals surface area contributed by atoms with Gasteiger partial charge in [-0.05, 0) is 61.2 Å². The average Bonchev–Trinajstić information content (AvgIpc) is 2.85. The van der Waals surface area contributed by atoms with Crippen molar-refractivity contribution in [2.75, 3.05) is 0 Å². The van der Waals surface area contributed by atoms with Crippen molar-refractivity contribution in [3.05, 3.63) is 68.9 Å². The Balaban J connectivity index is 2.07. The monoisotopic (exact) mass is 343 g/mol. The topological polar surface area (TPSA) is 39.2 Å². The number of furan rings is 1. The summed E-state index contributed by atoms with van der Waals surface area (Å²) in [5, 5.41) is 1.08. The van der Waals surface area contributed by atoms with Gasteiger partial charge in [0, 0.05) is 9.86 Å². The van der Waals surface area contributed by atoms with Crippen LogP contribution in [0.3, 0.4) is 0 Å². The van der Waals surface area contributed by atoms with E-state index in [1.807, 2.05) is 13.0 Å². The maximum atomic E-state index is 6.38. The van der Waals surface area contributed by atoms with Crippen LogP contribution in [-0.4, -0.2) is 0 Å². The third-order valence-corrected chi connectivity index (χ3v) is 4.44. The smallest absolute Gasteiger partial charge is 0.137 e. The average molecular weight is 344 g/mol. The maximum absolute atomic E-state index is 6.38. The summed E-state index contributed by atoms with van der Waals surface area (Å²) in [7, 11) is 0. The van der Waals surface area contributed by atoms with E-state index < -0.39 is 0 Å². The van der Waals surface area contributed by atoms with Gasteiger partial charge in [-0.25, -0.2) is 0 Å². The van der Waals surface area contributed by atoms with Gasteiger partial charge >= 0.3 is 0 Å². The SMILES string of the molecule is Cc1ccc(C(N)c2cc3cc(Br)cc(C)c3o2)cc1C. The summed E-state index contributed by atoms with van der Waals surface area (Å²) in [5.74, 6) is 0.800. The quantitative estimate of drug-likeness (QED) is 0.697. The first-order valence-corrected chi connectivity index (χ1v) is 7.77. The number of aryl methyl sites for hydroxylation is 3. The van der Waals surface area contributed by atoms with Crippen molar-refractivity contribution >= 4 is 26.9 Å². The molecule has 0 aliphatic rings. The molecule has 3 heteroatoms. The van der Waals surface area contributed by atoms with Crippen LogP contribution in [0.15, 0.2) is 45.3 Å². The number of nitrogens with two attached hydrogens (primary N) is 1. The van der Waals surface area contributed by atoms with Gasteiger partial charge < -0.3 is 10.2 Å². The van der Waals surface area contributed by atoms with Gasteiger partial charge in [0.05, 0.1) is 6.04 Å². The first kappa shape index (κ1) is 14.4. The van der Waals surface area contributed by atoms with Crippen molar-refractivity contribution in [3.8, 4) is 0 Å². The number of benzene rings is 2. The molecule has 2 nitrogen and oxygen atoms in total. The largest absolute Gasteiger partial charge is 0.459 e. The molecule has 0 amide bonds. The highest BCUT2D eigenvalue weighted by Crippen LogP contribution is 2.31. The molecule has 108 valence electrons. The van der Waals surface area contributed by atoms with Crippen LogP contribution >= 0.6 is 15.9 Å². The number of fused-ring (bicyclic) bond motifs is 1.